The largest absolute Gasteiger partial charge is 0.334 e. The fourth-order valence-electron chi connectivity index (χ4n) is 4.75. The van der Waals surface area contributed by atoms with E-state index in [1.807, 2.05) is 49.5 Å². The Hall–Kier alpha value is -4.14. The second-order valence-corrected chi connectivity index (χ2v) is 10.7. The Balaban J connectivity index is 1.61. The summed E-state index contributed by atoms with van der Waals surface area (Å²) in [5, 5.41) is 3.40. The van der Waals surface area contributed by atoms with Crippen LogP contribution >= 0.6 is 11.3 Å². The highest BCUT2D eigenvalue weighted by Crippen LogP contribution is 2.39. The summed E-state index contributed by atoms with van der Waals surface area (Å²) in [6, 6.07) is 22.9. The van der Waals surface area contributed by atoms with Crippen LogP contribution < -0.4 is 10.7 Å². The standard InChI is InChI=1S/C32H29F2N3O2S/c1-3-29(39)35-23-14-12-22(13-15-23)31-25(19-36(2)18-21-8-5-4-6-9-21)30-28(38)16-17-37(32(30)40-31)20-24-26(33)10-7-11-27(24)34/h4-17H,3,18-20H2,1-2H3,(H,35,39). The first-order chi connectivity index (χ1) is 19.3. The maximum absolute atomic E-state index is 14.5. The molecule has 0 aliphatic heterocycles. The fourth-order valence-corrected chi connectivity index (χ4v) is 6.06. The maximum atomic E-state index is 14.5. The highest BCUT2D eigenvalue weighted by Gasteiger charge is 2.21. The summed E-state index contributed by atoms with van der Waals surface area (Å²) in [5.41, 5.74) is 3.39. The first kappa shape index (κ1) is 27.4. The zero-order valence-electron chi connectivity index (χ0n) is 22.3. The van der Waals surface area contributed by atoms with Crippen molar-refractivity contribution < 1.29 is 13.6 Å². The van der Waals surface area contributed by atoms with E-state index in [-0.39, 0.29) is 23.4 Å². The molecule has 0 atom stereocenters. The summed E-state index contributed by atoms with van der Waals surface area (Å²) >= 11 is 1.43. The van der Waals surface area contributed by atoms with E-state index in [2.05, 4.69) is 22.3 Å². The molecule has 0 unspecified atom stereocenters. The molecule has 0 spiro atoms. The van der Waals surface area contributed by atoms with Crippen molar-refractivity contribution >= 4 is 33.1 Å². The average molecular weight is 558 g/mol. The number of hydrogen-bond acceptors (Lipinski definition) is 4. The van der Waals surface area contributed by atoms with Gasteiger partial charge in [0, 0.05) is 47.9 Å². The molecule has 8 heteroatoms. The molecule has 0 saturated carbocycles. The number of fused-ring (bicyclic) bond motifs is 1. The SMILES string of the molecule is CCC(=O)Nc1ccc(-c2sc3c(c2CN(C)Cc2ccccc2)c(=O)ccn3Cc2c(F)cccc2F)cc1. The van der Waals surface area contributed by atoms with Gasteiger partial charge in [-0.05, 0) is 48.0 Å². The summed E-state index contributed by atoms with van der Waals surface area (Å²) in [4.78, 5) is 28.8. The van der Waals surface area contributed by atoms with Crippen LogP contribution in [0, 0.1) is 11.6 Å². The van der Waals surface area contributed by atoms with Gasteiger partial charge in [0.05, 0.1) is 11.9 Å². The predicted octanol–water partition coefficient (Wildman–Crippen LogP) is 7.04. The number of anilines is 1. The van der Waals surface area contributed by atoms with Gasteiger partial charge in [-0.1, -0.05) is 55.5 Å². The van der Waals surface area contributed by atoms with Gasteiger partial charge in [0.1, 0.15) is 16.5 Å². The van der Waals surface area contributed by atoms with Gasteiger partial charge in [-0.2, -0.15) is 0 Å². The van der Waals surface area contributed by atoms with Crippen molar-refractivity contribution in [1.82, 2.24) is 9.47 Å². The molecule has 5 rings (SSSR count). The van der Waals surface area contributed by atoms with E-state index in [0.29, 0.717) is 35.4 Å². The molecular weight excluding hydrogens is 528 g/mol. The lowest BCUT2D eigenvalue weighted by Gasteiger charge is -2.18. The molecule has 1 N–H and O–H groups in total. The van der Waals surface area contributed by atoms with Gasteiger partial charge in [-0.25, -0.2) is 8.78 Å². The van der Waals surface area contributed by atoms with Gasteiger partial charge in [-0.15, -0.1) is 11.3 Å². The molecule has 0 aliphatic rings. The summed E-state index contributed by atoms with van der Waals surface area (Å²) in [6.45, 7) is 2.92. The number of pyridine rings is 1. The van der Waals surface area contributed by atoms with Crippen LogP contribution in [0.3, 0.4) is 0 Å². The topological polar surface area (TPSA) is 54.3 Å². The molecule has 5 nitrogen and oxygen atoms in total. The zero-order valence-corrected chi connectivity index (χ0v) is 23.1. The monoisotopic (exact) mass is 557 g/mol. The second kappa shape index (κ2) is 11.9. The Morgan fingerprint density at radius 2 is 1.60 bits per heavy atom. The number of rotatable bonds is 9. The van der Waals surface area contributed by atoms with Crippen molar-refractivity contribution in [3.63, 3.8) is 0 Å². The molecule has 3 aromatic carbocycles. The first-order valence-electron chi connectivity index (χ1n) is 13.0. The molecule has 0 saturated heterocycles. The van der Waals surface area contributed by atoms with Crippen LogP contribution in [-0.2, 0) is 24.4 Å². The van der Waals surface area contributed by atoms with Crippen molar-refractivity contribution in [3.05, 3.63) is 124 Å². The molecular formula is C32H29F2N3O2S. The Morgan fingerprint density at radius 3 is 2.27 bits per heavy atom. The normalized spacial score (nSPS) is 11.3. The van der Waals surface area contributed by atoms with E-state index in [9.17, 15) is 18.4 Å². The summed E-state index contributed by atoms with van der Waals surface area (Å²) < 4.78 is 30.8. The van der Waals surface area contributed by atoms with Crippen LogP contribution in [0.25, 0.3) is 20.7 Å². The molecule has 204 valence electrons. The van der Waals surface area contributed by atoms with Crippen LogP contribution in [-0.4, -0.2) is 22.4 Å². The number of thiophene rings is 1. The van der Waals surface area contributed by atoms with Crippen molar-refractivity contribution in [2.45, 2.75) is 33.0 Å². The third-order valence-electron chi connectivity index (χ3n) is 6.77. The highest BCUT2D eigenvalue weighted by atomic mass is 32.1. The van der Waals surface area contributed by atoms with Crippen molar-refractivity contribution in [1.29, 1.82) is 0 Å². The van der Waals surface area contributed by atoms with Gasteiger partial charge in [0.15, 0.2) is 5.43 Å². The molecule has 5 aromatic rings. The van der Waals surface area contributed by atoms with E-state index >= 15 is 0 Å². The Bertz CT molecular complexity index is 1690. The molecule has 1 amide bonds. The average Bonchev–Trinajstić information content (AvgIpc) is 3.32. The van der Waals surface area contributed by atoms with Crippen molar-refractivity contribution in [3.8, 4) is 10.4 Å². The fraction of sp³-hybridized carbons (Fsp3) is 0.188. The smallest absolute Gasteiger partial charge is 0.224 e. The number of carbonyl (C=O) groups is 1. The van der Waals surface area contributed by atoms with Gasteiger partial charge in [0.25, 0.3) is 0 Å². The van der Waals surface area contributed by atoms with E-state index in [1.54, 1.807) is 17.7 Å². The van der Waals surface area contributed by atoms with E-state index in [0.717, 1.165) is 21.6 Å². The van der Waals surface area contributed by atoms with Gasteiger partial charge >= 0.3 is 0 Å². The van der Waals surface area contributed by atoms with Crippen LogP contribution in [0.5, 0.6) is 0 Å². The second-order valence-electron chi connectivity index (χ2n) is 9.73. The number of aromatic nitrogens is 1. The zero-order chi connectivity index (χ0) is 28.2. The molecule has 0 radical (unpaired) electrons. The molecule has 0 bridgehead atoms. The minimum Gasteiger partial charge on any atom is -0.334 e. The van der Waals surface area contributed by atoms with Crippen LogP contribution in [0.2, 0.25) is 0 Å². The van der Waals surface area contributed by atoms with E-state index < -0.39 is 11.6 Å². The van der Waals surface area contributed by atoms with Crippen molar-refractivity contribution in [2.24, 2.45) is 0 Å². The van der Waals surface area contributed by atoms with Crippen molar-refractivity contribution in [2.75, 3.05) is 12.4 Å². The van der Waals surface area contributed by atoms with Crippen LogP contribution in [0.15, 0.2) is 89.9 Å². The number of benzene rings is 3. The maximum Gasteiger partial charge on any atom is 0.224 e. The molecule has 2 aromatic heterocycles. The number of amides is 1. The quantitative estimate of drug-likeness (QED) is 0.212. The first-order valence-corrected chi connectivity index (χ1v) is 13.9. The minimum absolute atomic E-state index is 0.0451. The lowest BCUT2D eigenvalue weighted by molar-refractivity contribution is -0.115. The van der Waals surface area contributed by atoms with Gasteiger partial charge < -0.3 is 9.88 Å². The number of hydrogen-bond donors (Lipinski definition) is 1. The lowest BCUT2D eigenvalue weighted by Crippen LogP contribution is -2.18. The number of nitrogens with one attached hydrogen (secondary N) is 1. The predicted molar refractivity (Wildman–Crippen MR) is 158 cm³/mol. The third-order valence-corrected chi connectivity index (χ3v) is 8.09. The van der Waals surface area contributed by atoms with Gasteiger partial charge in [0.2, 0.25) is 5.91 Å². The highest BCUT2D eigenvalue weighted by molar-refractivity contribution is 7.22. The van der Waals surface area contributed by atoms with E-state index in [1.165, 1.54) is 35.6 Å². The Morgan fingerprint density at radius 1 is 0.900 bits per heavy atom. The molecule has 2 heterocycles. The van der Waals surface area contributed by atoms with Crippen LogP contribution in [0.1, 0.15) is 30.0 Å². The van der Waals surface area contributed by atoms with Gasteiger partial charge in [-0.3, -0.25) is 14.5 Å². The number of carbonyl (C=O) groups excluding carboxylic acids is 1. The van der Waals surface area contributed by atoms with E-state index in [4.69, 9.17) is 0 Å². The Labute approximate surface area is 235 Å². The lowest BCUT2D eigenvalue weighted by atomic mass is 10.0. The molecule has 40 heavy (non-hydrogen) atoms. The summed E-state index contributed by atoms with van der Waals surface area (Å²) in [5.74, 6) is -1.33. The molecule has 0 aliphatic carbocycles. The summed E-state index contributed by atoms with van der Waals surface area (Å²) in [6.07, 6.45) is 1.97. The molecule has 0 fully saturated rings. The number of halogens is 2. The Kier molecular flexibility index (Phi) is 8.19. The summed E-state index contributed by atoms with van der Waals surface area (Å²) in [7, 11) is 2.00. The van der Waals surface area contributed by atoms with Crippen LogP contribution in [0.4, 0.5) is 14.5 Å². The minimum atomic E-state index is -0.629. The third kappa shape index (κ3) is 5.88. The number of nitrogens with zero attached hydrogens (tertiary/aromatic N) is 2.